The number of amides is 2. The number of Topliss-reactive ketones (excluding diaryl/α,β-unsaturated/α-hetero) is 1. The number of nitro benzene ring substituents is 1. The fraction of sp³-hybridized carbons (Fsp3) is 0.333. The average Bonchev–Trinajstić information content (AvgIpc) is 2.76. The Labute approximate surface area is 207 Å². The van der Waals surface area contributed by atoms with Gasteiger partial charge in [0.15, 0.2) is 0 Å². The molecule has 0 aliphatic heterocycles. The highest BCUT2D eigenvalue weighted by Gasteiger charge is 2.28. The Balaban J connectivity index is 2.44. The Hall–Kier alpha value is -3.79. The van der Waals surface area contributed by atoms with Gasteiger partial charge in [0.1, 0.15) is 10.6 Å². The van der Waals surface area contributed by atoms with Crippen molar-refractivity contribution in [1.29, 1.82) is 0 Å². The normalized spacial score (nSPS) is 10.9. The lowest BCUT2D eigenvalue weighted by Crippen LogP contribution is -2.36. The van der Waals surface area contributed by atoms with E-state index in [1.807, 2.05) is 0 Å². The molecule has 0 unspecified atom stereocenters. The van der Waals surface area contributed by atoms with E-state index in [0.29, 0.717) is 5.56 Å². The van der Waals surface area contributed by atoms with Crippen LogP contribution in [0.1, 0.15) is 43.1 Å². The lowest BCUT2D eigenvalue weighted by atomic mass is 10.1. The summed E-state index contributed by atoms with van der Waals surface area (Å²) in [5, 5.41) is 11.2. The fourth-order valence-corrected chi connectivity index (χ4v) is 3.19. The summed E-state index contributed by atoms with van der Waals surface area (Å²) in [7, 11) is 3.15. The Morgan fingerprint density at radius 3 is 2.29 bits per heavy atom. The summed E-state index contributed by atoms with van der Waals surface area (Å²) in [6.07, 6.45) is -0.795. The van der Waals surface area contributed by atoms with Crippen LogP contribution in [-0.2, 0) is 25.7 Å². The molecule has 0 heterocycles. The predicted octanol–water partition coefficient (Wildman–Crippen LogP) is 3.78. The number of esters is 1. The number of benzene rings is 2. The molecule has 11 heteroatoms. The second-order valence-electron chi connectivity index (χ2n) is 8.87. The quantitative estimate of drug-likeness (QED) is 0.176. The largest absolute Gasteiger partial charge is 0.454 e. The minimum atomic E-state index is -1.15. The highest BCUT2D eigenvalue weighted by atomic mass is 35.5. The van der Waals surface area contributed by atoms with E-state index in [1.54, 1.807) is 53.1 Å². The molecule has 0 aliphatic carbocycles. The fourth-order valence-electron chi connectivity index (χ4n) is 3.01. The summed E-state index contributed by atoms with van der Waals surface area (Å²) in [5.74, 6) is -3.26. The van der Waals surface area contributed by atoms with Crippen LogP contribution < -0.4 is 4.90 Å². The van der Waals surface area contributed by atoms with Crippen molar-refractivity contribution >= 4 is 46.5 Å². The van der Waals surface area contributed by atoms with Gasteiger partial charge in [-0.15, -0.1) is 0 Å². The lowest BCUT2D eigenvalue weighted by Gasteiger charge is -2.24. The zero-order valence-corrected chi connectivity index (χ0v) is 20.8. The third-order valence-corrected chi connectivity index (χ3v) is 4.92. The van der Waals surface area contributed by atoms with Crippen molar-refractivity contribution in [3.05, 3.63) is 68.7 Å². The molecule has 0 saturated heterocycles. The minimum absolute atomic E-state index is 0.0738. The van der Waals surface area contributed by atoms with E-state index in [1.165, 1.54) is 34.1 Å². The van der Waals surface area contributed by atoms with Crippen molar-refractivity contribution in [3.63, 3.8) is 0 Å². The molecule has 0 atom stereocenters. The molecule has 0 aliphatic rings. The number of nitrogens with zero attached hydrogens (tertiary/aromatic N) is 3. The summed E-state index contributed by atoms with van der Waals surface area (Å²) in [4.78, 5) is 63.2. The molecule has 0 fully saturated rings. The van der Waals surface area contributed by atoms with Crippen LogP contribution in [0, 0.1) is 10.1 Å². The molecule has 0 radical (unpaired) electrons. The maximum Gasteiger partial charge on any atom is 0.375 e. The third-order valence-electron chi connectivity index (χ3n) is 4.60. The molecule has 10 nitrogen and oxygen atoms in total. The van der Waals surface area contributed by atoms with E-state index in [9.17, 15) is 29.3 Å². The van der Waals surface area contributed by atoms with Gasteiger partial charge in [-0.05, 0) is 50.6 Å². The molecular formula is C24H26ClN3O7. The Kier molecular flexibility index (Phi) is 8.70. The zero-order chi connectivity index (χ0) is 26.5. The molecule has 2 aromatic rings. The smallest absolute Gasteiger partial charge is 0.375 e. The predicted molar refractivity (Wildman–Crippen MR) is 129 cm³/mol. The van der Waals surface area contributed by atoms with Gasteiger partial charge in [-0.3, -0.25) is 24.5 Å². The molecule has 35 heavy (non-hydrogen) atoms. The van der Waals surface area contributed by atoms with Gasteiger partial charge in [0.05, 0.1) is 17.9 Å². The molecule has 186 valence electrons. The van der Waals surface area contributed by atoms with Gasteiger partial charge >= 0.3 is 5.97 Å². The van der Waals surface area contributed by atoms with Crippen LogP contribution in [0.15, 0.2) is 42.5 Å². The second kappa shape index (κ2) is 11.1. The summed E-state index contributed by atoms with van der Waals surface area (Å²) in [6, 6.07) is 10.2. The van der Waals surface area contributed by atoms with E-state index in [0.717, 1.165) is 0 Å². The maximum absolute atomic E-state index is 13.2. The molecule has 0 saturated carbocycles. The van der Waals surface area contributed by atoms with Crippen LogP contribution in [0.25, 0.3) is 0 Å². The number of nitro groups is 1. The number of ketones is 1. The SMILES string of the molecule is CN(C)C(=O)c1cccc(N(Cc2ccc(Cl)c([N+](=O)[O-])c2)C(=O)CC(=O)C(=O)OC(C)(C)C)c1. The first-order valence-corrected chi connectivity index (χ1v) is 10.9. The zero-order valence-electron chi connectivity index (χ0n) is 20.0. The van der Waals surface area contributed by atoms with Crippen LogP contribution in [0.3, 0.4) is 0 Å². The van der Waals surface area contributed by atoms with Gasteiger partial charge < -0.3 is 14.5 Å². The first kappa shape index (κ1) is 27.5. The van der Waals surface area contributed by atoms with Gasteiger partial charge in [0.25, 0.3) is 11.6 Å². The van der Waals surface area contributed by atoms with E-state index < -0.39 is 34.6 Å². The van der Waals surface area contributed by atoms with E-state index in [4.69, 9.17) is 16.3 Å². The van der Waals surface area contributed by atoms with Crippen molar-refractivity contribution in [3.8, 4) is 0 Å². The van der Waals surface area contributed by atoms with Gasteiger partial charge in [-0.2, -0.15) is 0 Å². The lowest BCUT2D eigenvalue weighted by molar-refractivity contribution is -0.384. The minimum Gasteiger partial charge on any atom is -0.454 e. The van der Waals surface area contributed by atoms with Crippen molar-refractivity contribution in [2.24, 2.45) is 0 Å². The number of ether oxygens (including phenoxy) is 1. The van der Waals surface area contributed by atoms with Crippen molar-refractivity contribution < 1.29 is 28.8 Å². The van der Waals surface area contributed by atoms with Crippen molar-refractivity contribution in [1.82, 2.24) is 4.90 Å². The highest BCUT2D eigenvalue weighted by Crippen LogP contribution is 2.27. The van der Waals surface area contributed by atoms with Crippen LogP contribution in [0.5, 0.6) is 0 Å². The van der Waals surface area contributed by atoms with Gasteiger partial charge in [-0.25, -0.2) is 4.79 Å². The first-order valence-electron chi connectivity index (χ1n) is 10.5. The Bertz CT molecular complexity index is 1170. The Morgan fingerprint density at radius 2 is 1.71 bits per heavy atom. The van der Waals surface area contributed by atoms with Crippen LogP contribution in [0.4, 0.5) is 11.4 Å². The molecule has 0 aromatic heterocycles. The molecule has 0 bridgehead atoms. The number of anilines is 1. The molecule has 2 aromatic carbocycles. The second-order valence-corrected chi connectivity index (χ2v) is 9.28. The number of hydrogen-bond acceptors (Lipinski definition) is 7. The number of rotatable bonds is 8. The standard InChI is InChI=1S/C24H26ClN3O7/c1-24(2,3)35-23(32)20(29)13-21(30)27(14-15-9-10-18(25)19(11-15)28(33)34)17-8-6-7-16(12-17)22(31)26(4)5/h6-12H,13-14H2,1-5H3. The Morgan fingerprint density at radius 1 is 1.06 bits per heavy atom. The third kappa shape index (κ3) is 7.61. The highest BCUT2D eigenvalue weighted by molar-refractivity contribution is 6.37. The summed E-state index contributed by atoms with van der Waals surface area (Å²) in [5.41, 5.74) is -0.372. The summed E-state index contributed by atoms with van der Waals surface area (Å²) < 4.78 is 5.04. The monoisotopic (exact) mass is 503 g/mol. The van der Waals surface area contributed by atoms with E-state index >= 15 is 0 Å². The van der Waals surface area contributed by atoms with Crippen LogP contribution >= 0.6 is 11.6 Å². The molecule has 2 amide bonds. The van der Waals surface area contributed by atoms with E-state index in [2.05, 4.69) is 0 Å². The van der Waals surface area contributed by atoms with Crippen molar-refractivity contribution in [2.45, 2.75) is 39.3 Å². The molecule has 0 N–H and O–H groups in total. The molecular weight excluding hydrogens is 478 g/mol. The van der Waals surface area contributed by atoms with E-state index in [-0.39, 0.29) is 34.4 Å². The number of halogens is 1. The number of carbonyl (C=O) groups excluding carboxylic acids is 4. The average molecular weight is 504 g/mol. The van der Waals surface area contributed by atoms with Gasteiger partial charge in [0, 0.05) is 31.4 Å². The van der Waals surface area contributed by atoms with Gasteiger partial charge in [-0.1, -0.05) is 23.7 Å². The molecule has 0 spiro atoms. The van der Waals surface area contributed by atoms with Gasteiger partial charge in [0.2, 0.25) is 11.7 Å². The van der Waals surface area contributed by atoms with Crippen LogP contribution in [-0.4, -0.2) is 53.1 Å². The first-order chi connectivity index (χ1) is 16.2. The summed E-state index contributed by atoms with van der Waals surface area (Å²) >= 11 is 5.89. The van der Waals surface area contributed by atoms with Crippen molar-refractivity contribution in [2.75, 3.05) is 19.0 Å². The maximum atomic E-state index is 13.2. The topological polar surface area (TPSA) is 127 Å². The van der Waals surface area contributed by atoms with Crippen LogP contribution in [0.2, 0.25) is 5.02 Å². The number of hydrogen-bond donors (Lipinski definition) is 0. The summed E-state index contributed by atoms with van der Waals surface area (Å²) in [6.45, 7) is 4.59. The molecule has 2 rings (SSSR count). The number of carbonyl (C=O) groups is 4.